The maximum Gasteiger partial charge on any atom is 0.330 e. The van der Waals surface area contributed by atoms with Crippen LogP contribution in [0.15, 0.2) is 24.3 Å². The molecular formula is C13H15FN2O5. The van der Waals surface area contributed by atoms with Gasteiger partial charge >= 0.3 is 5.97 Å². The van der Waals surface area contributed by atoms with E-state index in [1.807, 2.05) is 0 Å². The summed E-state index contributed by atoms with van der Waals surface area (Å²) in [4.78, 5) is 34.3. The molecule has 0 spiro atoms. The molecule has 1 aromatic rings. The Kier molecular flexibility index (Phi) is 6.28. The summed E-state index contributed by atoms with van der Waals surface area (Å²) in [6, 6.07) is 4.09. The van der Waals surface area contributed by atoms with Gasteiger partial charge in [-0.05, 0) is 12.1 Å². The van der Waals surface area contributed by atoms with Crippen LogP contribution in [0, 0.1) is 5.82 Å². The first-order valence-electron chi connectivity index (χ1n) is 6.00. The molecule has 0 saturated heterocycles. The molecule has 114 valence electrons. The summed E-state index contributed by atoms with van der Waals surface area (Å²) < 4.78 is 17.7. The first kappa shape index (κ1) is 16.6. The van der Waals surface area contributed by atoms with Crippen LogP contribution in [0.2, 0.25) is 0 Å². The van der Waals surface area contributed by atoms with Gasteiger partial charge in [-0.15, -0.1) is 0 Å². The zero-order valence-corrected chi connectivity index (χ0v) is 11.3. The number of ether oxygens (including phenoxy) is 1. The molecule has 21 heavy (non-hydrogen) atoms. The van der Waals surface area contributed by atoms with Crippen molar-refractivity contribution in [2.24, 2.45) is 0 Å². The monoisotopic (exact) mass is 298 g/mol. The predicted octanol–water partition coefficient (Wildman–Crippen LogP) is -0.794. The molecule has 0 fully saturated rings. The number of aliphatic hydroxyl groups excluding tert-OH is 1. The zero-order chi connectivity index (χ0) is 15.8. The summed E-state index contributed by atoms with van der Waals surface area (Å²) in [5, 5.41) is 13.3. The van der Waals surface area contributed by atoms with E-state index in [9.17, 15) is 18.8 Å². The molecule has 0 bridgehead atoms. The van der Waals surface area contributed by atoms with Crippen molar-refractivity contribution < 1.29 is 28.6 Å². The topological polar surface area (TPSA) is 105 Å². The number of esters is 1. The van der Waals surface area contributed by atoms with Gasteiger partial charge in [-0.25, -0.2) is 9.18 Å². The number of hydrogen-bond acceptors (Lipinski definition) is 5. The predicted molar refractivity (Wildman–Crippen MR) is 69.8 cm³/mol. The third-order valence-corrected chi connectivity index (χ3v) is 2.53. The molecule has 8 heteroatoms. The Morgan fingerprint density at radius 3 is 2.57 bits per heavy atom. The highest BCUT2D eigenvalue weighted by Crippen LogP contribution is 2.05. The van der Waals surface area contributed by atoms with Gasteiger partial charge in [-0.3, -0.25) is 9.59 Å². The molecule has 0 radical (unpaired) electrons. The number of methoxy groups -OCH3 is 1. The molecular weight excluding hydrogens is 283 g/mol. The Hall–Kier alpha value is -2.48. The Morgan fingerprint density at radius 2 is 2.00 bits per heavy atom. The van der Waals surface area contributed by atoms with Crippen LogP contribution < -0.4 is 10.6 Å². The fraction of sp³-hybridized carbons (Fsp3) is 0.308. The molecule has 0 saturated carbocycles. The zero-order valence-electron chi connectivity index (χ0n) is 11.3. The van der Waals surface area contributed by atoms with Crippen LogP contribution in [0.3, 0.4) is 0 Å². The molecule has 0 unspecified atom stereocenters. The van der Waals surface area contributed by atoms with E-state index in [4.69, 9.17) is 5.11 Å². The van der Waals surface area contributed by atoms with Crippen molar-refractivity contribution in [2.75, 3.05) is 20.3 Å². The minimum Gasteiger partial charge on any atom is -0.467 e. The third-order valence-electron chi connectivity index (χ3n) is 2.53. The Bertz CT molecular complexity index is 535. The van der Waals surface area contributed by atoms with Crippen molar-refractivity contribution in [3.63, 3.8) is 0 Å². The fourth-order valence-electron chi connectivity index (χ4n) is 1.47. The minimum absolute atomic E-state index is 0.197. The highest BCUT2D eigenvalue weighted by Gasteiger charge is 2.20. The van der Waals surface area contributed by atoms with Crippen LogP contribution in [-0.4, -0.2) is 49.2 Å². The lowest BCUT2D eigenvalue weighted by Gasteiger charge is -2.14. The number of benzene rings is 1. The molecule has 3 N–H and O–H groups in total. The maximum atomic E-state index is 13.3. The summed E-state index contributed by atoms with van der Waals surface area (Å²) in [6.45, 7) is -1.11. The van der Waals surface area contributed by atoms with E-state index < -0.39 is 42.8 Å². The SMILES string of the molecule is COC(=O)[C@@H](CO)NC(=O)CNC(=O)c1ccccc1F. The van der Waals surface area contributed by atoms with Crippen molar-refractivity contribution in [2.45, 2.75) is 6.04 Å². The molecule has 1 aromatic carbocycles. The molecule has 0 aliphatic heterocycles. The number of rotatable bonds is 6. The lowest BCUT2D eigenvalue weighted by Crippen LogP contribution is -2.47. The van der Waals surface area contributed by atoms with Crippen molar-refractivity contribution in [1.29, 1.82) is 0 Å². The van der Waals surface area contributed by atoms with Crippen LogP contribution in [0.4, 0.5) is 4.39 Å². The van der Waals surface area contributed by atoms with Crippen molar-refractivity contribution in [3.05, 3.63) is 35.6 Å². The molecule has 0 aliphatic rings. The average Bonchev–Trinajstić information content (AvgIpc) is 2.49. The second-order valence-corrected chi connectivity index (χ2v) is 3.99. The molecule has 0 heterocycles. The van der Waals surface area contributed by atoms with Crippen LogP contribution >= 0.6 is 0 Å². The lowest BCUT2D eigenvalue weighted by molar-refractivity contribution is -0.146. The van der Waals surface area contributed by atoms with E-state index in [1.165, 1.54) is 18.2 Å². The summed E-state index contributed by atoms with van der Waals surface area (Å²) >= 11 is 0. The van der Waals surface area contributed by atoms with Gasteiger partial charge in [0.1, 0.15) is 5.82 Å². The second-order valence-electron chi connectivity index (χ2n) is 3.99. The number of carbonyl (C=O) groups is 3. The van der Waals surface area contributed by atoms with Gasteiger partial charge in [0.25, 0.3) is 5.91 Å². The normalized spacial score (nSPS) is 11.4. The molecule has 2 amide bonds. The standard InChI is InChI=1S/C13H15FN2O5/c1-21-13(20)10(7-17)16-11(18)6-15-12(19)8-4-2-3-5-9(8)14/h2-5,10,17H,6-7H2,1H3,(H,15,19)(H,16,18)/t10-/m1/s1. The maximum absolute atomic E-state index is 13.3. The van der Waals surface area contributed by atoms with Crippen LogP contribution in [0.5, 0.6) is 0 Å². The van der Waals surface area contributed by atoms with E-state index in [-0.39, 0.29) is 5.56 Å². The van der Waals surface area contributed by atoms with E-state index in [1.54, 1.807) is 0 Å². The summed E-state index contributed by atoms with van der Waals surface area (Å²) in [5.41, 5.74) is -0.197. The van der Waals surface area contributed by atoms with E-state index in [2.05, 4.69) is 15.4 Å². The molecule has 1 atom stereocenters. The van der Waals surface area contributed by atoms with Crippen LogP contribution in [0.25, 0.3) is 0 Å². The number of amides is 2. The highest BCUT2D eigenvalue weighted by molar-refractivity contribution is 5.97. The van der Waals surface area contributed by atoms with Gasteiger partial charge in [-0.1, -0.05) is 12.1 Å². The lowest BCUT2D eigenvalue weighted by atomic mass is 10.2. The Morgan fingerprint density at radius 1 is 1.33 bits per heavy atom. The largest absolute Gasteiger partial charge is 0.467 e. The van der Waals surface area contributed by atoms with E-state index in [0.29, 0.717) is 0 Å². The number of hydrogen-bond donors (Lipinski definition) is 3. The molecule has 0 aliphatic carbocycles. The quantitative estimate of drug-likeness (QED) is 0.597. The average molecular weight is 298 g/mol. The van der Waals surface area contributed by atoms with Crippen LogP contribution in [0.1, 0.15) is 10.4 Å². The van der Waals surface area contributed by atoms with Crippen LogP contribution in [-0.2, 0) is 14.3 Å². The number of nitrogens with one attached hydrogen (secondary N) is 2. The van der Waals surface area contributed by atoms with Crippen molar-refractivity contribution >= 4 is 17.8 Å². The number of aliphatic hydroxyl groups is 1. The van der Waals surface area contributed by atoms with E-state index in [0.717, 1.165) is 13.2 Å². The summed E-state index contributed by atoms with van der Waals surface area (Å²) in [5.74, 6) is -3.00. The van der Waals surface area contributed by atoms with Gasteiger partial charge in [0.05, 0.1) is 25.8 Å². The molecule has 7 nitrogen and oxygen atoms in total. The fourth-order valence-corrected chi connectivity index (χ4v) is 1.47. The number of halogens is 1. The number of carbonyl (C=O) groups excluding carboxylic acids is 3. The Labute approximate surface area is 120 Å². The first-order valence-corrected chi connectivity index (χ1v) is 6.00. The van der Waals surface area contributed by atoms with E-state index >= 15 is 0 Å². The first-order chi connectivity index (χ1) is 9.99. The molecule has 1 rings (SSSR count). The molecule has 0 aromatic heterocycles. The minimum atomic E-state index is -1.21. The van der Waals surface area contributed by atoms with Gasteiger partial charge in [0.2, 0.25) is 5.91 Å². The van der Waals surface area contributed by atoms with Gasteiger partial charge in [-0.2, -0.15) is 0 Å². The van der Waals surface area contributed by atoms with Gasteiger partial charge in [0, 0.05) is 0 Å². The van der Waals surface area contributed by atoms with Gasteiger partial charge in [0.15, 0.2) is 6.04 Å². The highest BCUT2D eigenvalue weighted by atomic mass is 19.1. The Balaban J connectivity index is 2.51. The van der Waals surface area contributed by atoms with Crippen molar-refractivity contribution in [3.8, 4) is 0 Å². The second kappa shape index (κ2) is 7.95. The summed E-state index contributed by atoms with van der Waals surface area (Å²) in [7, 11) is 1.11. The third kappa shape index (κ3) is 4.84. The smallest absolute Gasteiger partial charge is 0.330 e. The van der Waals surface area contributed by atoms with Gasteiger partial charge < -0.3 is 20.5 Å². The van der Waals surface area contributed by atoms with Crippen molar-refractivity contribution in [1.82, 2.24) is 10.6 Å². The summed E-state index contributed by atoms with van der Waals surface area (Å²) in [6.07, 6.45) is 0.